The van der Waals surface area contributed by atoms with Crippen LogP contribution < -0.4 is 5.73 Å². The molecule has 100 valence electrons. The van der Waals surface area contributed by atoms with E-state index in [1.165, 1.54) is 0 Å². The Hall–Kier alpha value is -1.49. The van der Waals surface area contributed by atoms with Crippen LogP contribution in [0, 0.1) is 0 Å². The third-order valence-corrected chi connectivity index (χ3v) is 3.03. The zero-order chi connectivity index (χ0) is 13.1. The Morgan fingerprint density at radius 3 is 3.00 bits per heavy atom. The summed E-state index contributed by atoms with van der Waals surface area (Å²) >= 11 is 0. The molecule has 0 aliphatic carbocycles. The fraction of sp³-hybridized carbons (Fsp3) is 0.615. The molecule has 2 N–H and O–H groups in total. The maximum absolute atomic E-state index is 12.1. The van der Waals surface area contributed by atoms with Gasteiger partial charge in [0.25, 0.3) is 0 Å². The Balaban J connectivity index is 2.08. The second kappa shape index (κ2) is 5.44. The minimum Gasteiger partial charge on any atom is -0.455 e. The van der Waals surface area contributed by atoms with Crippen molar-refractivity contribution in [2.24, 2.45) is 0 Å². The molecule has 2 heterocycles. The van der Waals surface area contributed by atoms with Gasteiger partial charge in [-0.15, -0.1) is 0 Å². The van der Waals surface area contributed by atoms with Gasteiger partial charge < -0.3 is 19.8 Å². The summed E-state index contributed by atoms with van der Waals surface area (Å²) in [6, 6.07) is 1.83. The first-order valence-corrected chi connectivity index (χ1v) is 6.34. The van der Waals surface area contributed by atoms with Gasteiger partial charge in [0.15, 0.2) is 0 Å². The smallest absolute Gasteiger partial charge is 0.355 e. The van der Waals surface area contributed by atoms with Gasteiger partial charge in [0, 0.05) is 18.8 Å². The number of hydrogen-bond donors (Lipinski definition) is 1. The summed E-state index contributed by atoms with van der Waals surface area (Å²) in [7, 11) is 0. The van der Waals surface area contributed by atoms with Gasteiger partial charge in [0.2, 0.25) is 0 Å². The molecule has 0 saturated carbocycles. The number of carbonyl (C=O) groups is 1. The van der Waals surface area contributed by atoms with E-state index in [4.69, 9.17) is 15.2 Å². The summed E-state index contributed by atoms with van der Waals surface area (Å²) in [5, 5.41) is 0. The van der Waals surface area contributed by atoms with Gasteiger partial charge in [-0.25, -0.2) is 4.79 Å². The van der Waals surface area contributed by atoms with Crippen LogP contribution in [0.5, 0.6) is 0 Å². The molecule has 1 fully saturated rings. The molecule has 0 amide bonds. The number of esters is 1. The number of ether oxygens (including phenoxy) is 2. The minimum atomic E-state index is -0.323. The van der Waals surface area contributed by atoms with E-state index >= 15 is 0 Å². The first kappa shape index (κ1) is 13.0. The molecule has 1 aliphatic rings. The second-order valence-electron chi connectivity index (χ2n) is 4.90. The number of anilines is 1. The molecule has 18 heavy (non-hydrogen) atoms. The second-order valence-corrected chi connectivity index (χ2v) is 4.90. The first-order valence-electron chi connectivity index (χ1n) is 6.34. The van der Waals surface area contributed by atoms with Crippen LogP contribution >= 0.6 is 0 Å². The monoisotopic (exact) mass is 252 g/mol. The van der Waals surface area contributed by atoms with E-state index in [0.717, 1.165) is 19.4 Å². The predicted molar refractivity (Wildman–Crippen MR) is 68.5 cm³/mol. The third kappa shape index (κ3) is 2.85. The van der Waals surface area contributed by atoms with Gasteiger partial charge in [0.05, 0.1) is 12.3 Å². The molecule has 1 atom stereocenters. The van der Waals surface area contributed by atoms with Crippen molar-refractivity contribution in [1.29, 1.82) is 0 Å². The van der Waals surface area contributed by atoms with Gasteiger partial charge in [-0.05, 0) is 32.8 Å². The Morgan fingerprint density at radius 2 is 2.39 bits per heavy atom. The average Bonchev–Trinajstić information content (AvgIpc) is 2.73. The predicted octanol–water partition coefficient (Wildman–Crippen LogP) is 1.99. The van der Waals surface area contributed by atoms with Crippen molar-refractivity contribution in [3.8, 4) is 0 Å². The Labute approximate surface area is 107 Å². The van der Waals surface area contributed by atoms with Crippen molar-refractivity contribution < 1.29 is 14.3 Å². The molecular weight excluding hydrogens is 232 g/mol. The highest BCUT2D eigenvalue weighted by Gasteiger charge is 2.22. The molecule has 1 unspecified atom stereocenters. The highest BCUT2D eigenvalue weighted by molar-refractivity contribution is 5.89. The molecule has 1 aromatic rings. The van der Waals surface area contributed by atoms with E-state index in [0.29, 0.717) is 18.0 Å². The van der Waals surface area contributed by atoms with Gasteiger partial charge in [0.1, 0.15) is 11.8 Å². The number of nitrogens with two attached hydrogens (primary N) is 1. The standard InChI is InChI=1S/C13H20N2O3/c1-9(2)15-7-10(14)6-12(15)13(16)18-11-4-3-5-17-8-11/h6-7,9,11H,3-5,8,14H2,1-2H3. The highest BCUT2D eigenvalue weighted by atomic mass is 16.6. The van der Waals surface area contributed by atoms with E-state index in [1.807, 2.05) is 18.4 Å². The normalized spacial score (nSPS) is 20.1. The molecule has 0 spiro atoms. The van der Waals surface area contributed by atoms with Crippen LogP contribution in [-0.2, 0) is 9.47 Å². The van der Waals surface area contributed by atoms with Crippen molar-refractivity contribution in [3.05, 3.63) is 18.0 Å². The fourth-order valence-corrected chi connectivity index (χ4v) is 2.11. The van der Waals surface area contributed by atoms with Crippen molar-refractivity contribution in [2.45, 2.75) is 38.8 Å². The number of aromatic nitrogens is 1. The van der Waals surface area contributed by atoms with Crippen LogP contribution in [0.1, 0.15) is 43.2 Å². The van der Waals surface area contributed by atoms with Crippen LogP contribution in [0.15, 0.2) is 12.3 Å². The summed E-state index contributed by atoms with van der Waals surface area (Å²) in [4.78, 5) is 12.1. The maximum Gasteiger partial charge on any atom is 0.355 e. The van der Waals surface area contributed by atoms with E-state index in [-0.39, 0.29) is 18.1 Å². The third-order valence-electron chi connectivity index (χ3n) is 3.03. The zero-order valence-corrected chi connectivity index (χ0v) is 10.9. The van der Waals surface area contributed by atoms with Crippen molar-refractivity contribution in [1.82, 2.24) is 4.57 Å². The first-order chi connectivity index (χ1) is 8.58. The minimum absolute atomic E-state index is 0.136. The number of hydrogen-bond acceptors (Lipinski definition) is 4. The van der Waals surface area contributed by atoms with Gasteiger partial charge in [-0.1, -0.05) is 0 Å². The van der Waals surface area contributed by atoms with Crippen LogP contribution in [-0.4, -0.2) is 29.9 Å². The van der Waals surface area contributed by atoms with Crippen molar-refractivity contribution >= 4 is 11.7 Å². The lowest BCUT2D eigenvalue weighted by atomic mass is 10.2. The van der Waals surface area contributed by atoms with Gasteiger partial charge >= 0.3 is 5.97 Å². The molecule has 0 radical (unpaired) electrons. The van der Waals surface area contributed by atoms with E-state index in [1.54, 1.807) is 12.3 Å². The quantitative estimate of drug-likeness (QED) is 0.835. The molecule has 0 bridgehead atoms. The SMILES string of the molecule is CC(C)n1cc(N)cc1C(=O)OC1CCCOC1. The largest absolute Gasteiger partial charge is 0.455 e. The molecule has 2 rings (SSSR count). The summed E-state index contributed by atoms with van der Waals surface area (Å²) in [6.45, 7) is 5.24. The molecule has 0 aromatic carbocycles. The molecule has 1 aliphatic heterocycles. The van der Waals surface area contributed by atoms with E-state index < -0.39 is 0 Å². The number of rotatable bonds is 3. The fourth-order valence-electron chi connectivity index (χ4n) is 2.11. The molecule has 5 nitrogen and oxygen atoms in total. The summed E-state index contributed by atoms with van der Waals surface area (Å²) in [5.41, 5.74) is 6.82. The maximum atomic E-state index is 12.1. The van der Waals surface area contributed by atoms with Crippen LogP contribution in [0.3, 0.4) is 0 Å². The van der Waals surface area contributed by atoms with Gasteiger partial charge in [-0.2, -0.15) is 0 Å². The van der Waals surface area contributed by atoms with E-state index in [9.17, 15) is 4.79 Å². The summed E-state index contributed by atoms with van der Waals surface area (Å²) < 4.78 is 12.6. The molecule has 5 heteroatoms. The van der Waals surface area contributed by atoms with Crippen molar-refractivity contribution in [3.63, 3.8) is 0 Å². The van der Waals surface area contributed by atoms with Crippen molar-refractivity contribution in [2.75, 3.05) is 18.9 Å². The Morgan fingerprint density at radius 1 is 1.61 bits per heavy atom. The van der Waals surface area contributed by atoms with E-state index in [2.05, 4.69) is 0 Å². The average molecular weight is 252 g/mol. The lowest BCUT2D eigenvalue weighted by Gasteiger charge is -2.22. The zero-order valence-electron chi connectivity index (χ0n) is 10.9. The summed E-state index contributed by atoms with van der Waals surface area (Å²) in [5.74, 6) is -0.323. The van der Waals surface area contributed by atoms with Crippen LogP contribution in [0.2, 0.25) is 0 Å². The topological polar surface area (TPSA) is 66.5 Å². The van der Waals surface area contributed by atoms with Crippen LogP contribution in [0.4, 0.5) is 5.69 Å². The molecule has 1 saturated heterocycles. The lowest BCUT2D eigenvalue weighted by Crippen LogP contribution is -2.29. The summed E-state index contributed by atoms with van der Waals surface area (Å²) in [6.07, 6.45) is 3.43. The number of nitrogens with zero attached hydrogens (tertiary/aromatic N) is 1. The Kier molecular flexibility index (Phi) is 3.91. The lowest BCUT2D eigenvalue weighted by molar-refractivity contribution is -0.0313. The van der Waals surface area contributed by atoms with Gasteiger partial charge in [-0.3, -0.25) is 0 Å². The number of carbonyl (C=O) groups excluding carboxylic acids is 1. The van der Waals surface area contributed by atoms with Crippen LogP contribution in [0.25, 0.3) is 0 Å². The highest BCUT2D eigenvalue weighted by Crippen LogP contribution is 2.19. The Bertz CT molecular complexity index is 420. The number of nitrogen functional groups attached to an aromatic ring is 1. The molecular formula is C13H20N2O3. The molecule has 1 aromatic heterocycles.